The topological polar surface area (TPSA) is 127 Å². The number of thioether (sulfide) groups is 1. The maximum Gasteiger partial charge on any atom is 0.573 e. The Morgan fingerprint density at radius 2 is 1.89 bits per heavy atom. The van der Waals surface area contributed by atoms with Gasteiger partial charge in [0.2, 0.25) is 11.9 Å². The Labute approximate surface area is 255 Å². The zero-order valence-electron chi connectivity index (χ0n) is 23.7. The second-order valence-electron chi connectivity index (χ2n) is 9.69. The molecule has 0 spiro atoms. The summed E-state index contributed by atoms with van der Waals surface area (Å²) in [6.07, 6.45) is -1.78. The van der Waals surface area contributed by atoms with E-state index in [0.29, 0.717) is 17.4 Å². The van der Waals surface area contributed by atoms with E-state index in [1.54, 1.807) is 18.3 Å². The number of aliphatic imine (C=N–C) groups is 1. The zero-order chi connectivity index (χ0) is 31.4. The fourth-order valence-electron chi connectivity index (χ4n) is 4.15. The average Bonchev–Trinajstić information content (AvgIpc) is 3.58. The van der Waals surface area contributed by atoms with E-state index in [1.165, 1.54) is 51.9 Å². The minimum atomic E-state index is -4.77. The van der Waals surface area contributed by atoms with E-state index >= 15 is 0 Å². The molecular formula is C28H26F3N8O3PS. The van der Waals surface area contributed by atoms with Crippen LogP contribution >= 0.6 is 19.7 Å². The highest BCUT2D eigenvalue weighted by atomic mass is 32.2. The van der Waals surface area contributed by atoms with Crippen LogP contribution in [-0.4, -0.2) is 62.3 Å². The first-order chi connectivity index (χ1) is 20.9. The fraction of sp³-hybridized carbons (Fsp3) is 0.214. The molecule has 228 valence electrons. The highest BCUT2D eigenvalue weighted by molar-refractivity contribution is 8.15. The smallest absolute Gasteiger partial charge is 0.406 e. The highest BCUT2D eigenvalue weighted by Crippen LogP contribution is 2.34. The molecule has 3 amide bonds. The molecule has 0 radical (unpaired) electrons. The minimum Gasteiger partial charge on any atom is -0.406 e. The van der Waals surface area contributed by atoms with Crippen molar-refractivity contribution in [2.75, 3.05) is 34.6 Å². The summed E-state index contributed by atoms with van der Waals surface area (Å²) in [5, 5.41) is 11.3. The molecule has 1 aliphatic heterocycles. The van der Waals surface area contributed by atoms with Crippen LogP contribution in [0.2, 0.25) is 0 Å². The summed E-state index contributed by atoms with van der Waals surface area (Å²) in [4.78, 5) is 39.6. The van der Waals surface area contributed by atoms with Crippen molar-refractivity contribution in [1.29, 1.82) is 0 Å². The molecule has 4 aromatic rings. The number of benzene rings is 2. The molecule has 0 atom stereocenters. The number of carbonyl (C=O) groups excluding carboxylic acids is 2. The van der Waals surface area contributed by atoms with Crippen LogP contribution < -0.4 is 25.6 Å². The fourth-order valence-corrected chi connectivity index (χ4v) is 6.00. The van der Waals surface area contributed by atoms with Gasteiger partial charge in [0.15, 0.2) is 5.17 Å². The number of amides is 3. The van der Waals surface area contributed by atoms with E-state index in [1.807, 2.05) is 25.1 Å². The largest absolute Gasteiger partial charge is 0.573 e. The van der Waals surface area contributed by atoms with Gasteiger partial charge in [0.1, 0.15) is 17.9 Å². The number of halogens is 3. The maximum atomic E-state index is 12.8. The molecule has 2 aromatic carbocycles. The number of urea groups is 1. The summed E-state index contributed by atoms with van der Waals surface area (Å²) in [7, 11) is -0.498. The average molecular weight is 643 g/mol. The third kappa shape index (κ3) is 7.71. The number of aryl methyl sites for hydroxylation is 1. The number of rotatable bonds is 8. The van der Waals surface area contributed by atoms with Crippen molar-refractivity contribution in [3.63, 3.8) is 0 Å². The second kappa shape index (κ2) is 13.0. The van der Waals surface area contributed by atoms with E-state index in [0.717, 1.165) is 22.1 Å². The lowest BCUT2D eigenvalue weighted by molar-refractivity contribution is -0.274. The van der Waals surface area contributed by atoms with Crippen molar-refractivity contribution >= 4 is 59.5 Å². The maximum absolute atomic E-state index is 12.8. The summed E-state index contributed by atoms with van der Waals surface area (Å²) in [5.41, 5.74) is 3.02. The first-order valence-corrected chi connectivity index (χ1v) is 16.3. The number of amidine groups is 1. The Morgan fingerprint density at radius 1 is 1.11 bits per heavy atom. The third-order valence-corrected chi connectivity index (χ3v) is 8.42. The Kier molecular flexibility index (Phi) is 9.16. The number of aromatic nitrogens is 4. The van der Waals surface area contributed by atoms with Gasteiger partial charge in [0, 0.05) is 12.7 Å². The van der Waals surface area contributed by atoms with Gasteiger partial charge in [-0.15, -0.1) is 18.3 Å². The standard InChI is InChI=1S/C28H26F3N8O3PS/c1-17-4-10-22(43(2)3)21(12-17)39-24(40)15-44-27(39)36-26(41)35-23-11-5-18(13-32-23)14-33-25-34-16-38(37-25)19-6-8-20(9-7-19)42-28(29,30)31/h4-13,16H,14-15H2,1-3H3,(H,33,37)(H,32,35,41). The van der Waals surface area contributed by atoms with Crippen molar-refractivity contribution in [1.82, 2.24) is 19.7 Å². The lowest BCUT2D eigenvalue weighted by atomic mass is 10.2. The van der Waals surface area contributed by atoms with Crippen molar-refractivity contribution < 1.29 is 27.5 Å². The van der Waals surface area contributed by atoms with E-state index in [-0.39, 0.29) is 29.2 Å². The van der Waals surface area contributed by atoms with Crippen LogP contribution in [0, 0.1) is 6.92 Å². The molecule has 0 aliphatic carbocycles. The number of nitrogens with one attached hydrogen (secondary N) is 2. The molecule has 3 heterocycles. The van der Waals surface area contributed by atoms with Crippen molar-refractivity contribution in [3.8, 4) is 11.4 Å². The van der Waals surface area contributed by atoms with Crippen LogP contribution in [0.4, 0.5) is 35.4 Å². The molecule has 1 saturated heterocycles. The van der Waals surface area contributed by atoms with E-state index in [2.05, 4.69) is 48.8 Å². The van der Waals surface area contributed by atoms with Crippen LogP contribution in [0.5, 0.6) is 5.75 Å². The SMILES string of the molecule is Cc1ccc(P(C)C)c(N2C(=O)CSC2=NC(=O)Nc2ccc(CNc3ncn(-c4ccc(OC(F)(F)F)cc4)n3)cn2)c1. The Morgan fingerprint density at radius 3 is 2.57 bits per heavy atom. The van der Waals surface area contributed by atoms with Gasteiger partial charge in [0.05, 0.1) is 17.1 Å². The molecule has 5 rings (SSSR count). The molecule has 0 unspecified atom stereocenters. The van der Waals surface area contributed by atoms with Gasteiger partial charge in [-0.25, -0.2) is 19.4 Å². The van der Waals surface area contributed by atoms with E-state index in [9.17, 15) is 22.8 Å². The number of carbonyl (C=O) groups is 2. The summed E-state index contributed by atoms with van der Waals surface area (Å²) in [6.45, 7) is 6.49. The lowest BCUT2D eigenvalue weighted by Crippen LogP contribution is -2.33. The molecule has 11 nitrogen and oxygen atoms in total. The number of nitrogens with zero attached hydrogens (tertiary/aromatic N) is 6. The van der Waals surface area contributed by atoms with Crippen LogP contribution in [-0.2, 0) is 11.3 Å². The monoisotopic (exact) mass is 642 g/mol. The third-order valence-electron chi connectivity index (χ3n) is 6.15. The van der Waals surface area contributed by atoms with Crippen molar-refractivity contribution in [2.45, 2.75) is 19.8 Å². The first kappa shape index (κ1) is 31.0. The number of hydrogen-bond acceptors (Lipinski definition) is 8. The molecular weight excluding hydrogens is 616 g/mol. The van der Waals surface area contributed by atoms with Crippen LogP contribution in [0.1, 0.15) is 11.1 Å². The summed E-state index contributed by atoms with van der Waals surface area (Å²) < 4.78 is 42.4. The molecule has 16 heteroatoms. The molecule has 1 aliphatic rings. The normalized spacial score (nSPS) is 14.4. The van der Waals surface area contributed by atoms with Crippen LogP contribution in [0.25, 0.3) is 5.69 Å². The lowest BCUT2D eigenvalue weighted by Gasteiger charge is -2.22. The summed E-state index contributed by atoms with van der Waals surface area (Å²) in [6, 6.07) is 13.9. The van der Waals surface area contributed by atoms with Gasteiger partial charge in [-0.3, -0.25) is 15.0 Å². The predicted octanol–water partition coefficient (Wildman–Crippen LogP) is 5.52. The Bertz CT molecular complexity index is 1700. The van der Waals surface area contributed by atoms with Crippen molar-refractivity contribution in [2.24, 2.45) is 4.99 Å². The summed E-state index contributed by atoms with van der Waals surface area (Å²) >= 11 is 1.21. The minimum absolute atomic E-state index is 0.131. The zero-order valence-corrected chi connectivity index (χ0v) is 25.4. The van der Waals surface area contributed by atoms with Gasteiger partial charge in [-0.05, 0) is 73.1 Å². The second-order valence-corrected chi connectivity index (χ2v) is 12.9. The van der Waals surface area contributed by atoms with Gasteiger partial charge >= 0.3 is 12.4 Å². The molecule has 2 aromatic heterocycles. The van der Waals surface area contributed by atoms with Crippen LogP contribution in [0.3, 0.4) is 0 Å². The highest BCUT2D eigenvalue weighted by Gasteiger charge is 2.33. The quantitative estimate of drug-likeness (QED) is 0.241. The van der Waals surface area contributed by atoms with Gasteiger partial charge in [-0.2, -0.15) is 4.99 Å². The number of pyridine rings is 1. The van der Waals surface area contributed by atoms with Gasteiger partial charge in [-0.1, -0.05) is 37.9 Å². The predicted molar refractivity (Wildman–Crippen MR) is 166 cm³/mol. The Balaban J connectivity index is 1.18. The van der Waals surface area contributed by atoms with Gasteiger partial charge < -0.3 is 10.1 Å². The van der Waals surface area contributed by atoms with Crippen LogP contribution in [0.15, 0.2) is 72.1 Å². The summed E-state index contributed by atoms with van der Waals surface area (Å²) in [5.74, 6) is 0.301. The molecule has 44 heavy (non-hydrogen) atoms. The van der Waals surface area contributed by atoms with Crippen molar-refractivity contribution in [3.05, 3.63) is 78.2 Å². The van der Waals surface area contributed by atoms with Gasteiger partial charge in [0.25, 0.3) is 0 Å². The molecule has 2 N–H and O–H groups in total. The molecule has 1 fully saturated rings. The number of anilines is 3. The Hall–Kier alpha value is -4.49. The number of alkyl halides is 3. The number of hydrogen-bond donors (Lipinski definition) is 2. The number of ether oxygens (including phenoxy) is 1. The van der Waals surface area contributed by atoms with E-state index < -0.39 is 20.3 Å². The van der Waals surface area contributed by atoms with E-state index in [4.69, 9.17) is 0 Å². The molecule has 0 bridgehead atoms. The first-order valence-electron chi connectivity index (χ1n) is 13.1. The molecule has 0 saturated carbocycles.